The fourth-order valence-corrected chi connectivity index (χ4v) is 1.85. The smallest absolute Gasteiger partial charge is 0.204 e. The first kappa shape index (κ1) is 16.0. The average Bonchev–Trinajstić information content (AvgIpc) is 2.69. The Bertz CT molecular complexity index is 360. The molecule has 1 aromatic rings. The molecule has 0 spiro atoms. The summed E-state index contributed by atoms with van der Waals surface area (Å²) in [7, 11) is 6.06. The van der Waals surface area contributed by atoms with E-state index in [1.165, 1.54) is 5.69 Å². The molecule has 1 rings (SSSR count). The van der Waals surface area contributed by atoms with Crippen LogP contribution in [0.3, 0.4) is 0 Å². The topological polar surface area (TPSA) is 42.3 Å². The van der Waals surface area contributed by atoms with Crippen molar-refractivity contribution in [2.75, 3.05) is 38.8 Å². The molecule has 0 aliphatic carbocycles. The number of hydrogen-bond donors (Lipinski definition) is 1. The van der Waals surface area contributed by atoms with Gasteiger partial charge in [-0.25, -0.2) is 4.98 Å². The maximum absolute atomic E-state index is 5.54. The lowest BCUT2D eigenvalue weighted by Gasteiger charge is -2.13. The maximum atomic E-state index is 5.54. The van der Waals surface area contributed by atoms with Crippen molar-refractivity contribution < 1.29 is 4.74 Å². The van der Waals surface area contributed by atoms with E-state index in [1.807, 2.05) is 32.2 Å². The van der Waals surface area contributed by atoms with Crippen LogP contribution < -0.4 is 10.2 Å². The van der Waals surface area contributed by atoms with E-state index in [9.17, 15) is 0 Å². The quantitative estimate of drug-likeness (QED) is 0.691. The van der Waals surface area contributed by atoms with Gasteiger partial charge in [0, 0.05) is 40.9 Å². The molecule has 0 unspecified atom stereocenters. The first-order chi connectivity index (χ1) is 9.02. The fraction of sp³-hybridized carbons (Fsp3) is 0.786. The maximum Gasteiger partial charge on any atom is 0.204 e. The van der Waals surface area contributed by atoms with E-state index in [1.54, 1.807) is 0 Å². The third kappa shape index (κ3) is 5.61. The third-order valence-corrected chi connectivity index (χ3v) is 2.86. The van der Waals surface area contributed by atoms with E-state index in [0.29, 0.717) is 5.92 Å². The molecular weight excluding hydrogens is 240 g/mol. The first-order valence-electron chi connectivity index (χ1n) is 6.98. The minimum Gasteiger partial charge on any atom is -0.381 e. The van der Waals surface area contributed by atoms with Gasteiger partial charge in [0.15, 0.2) is 0 Å². The molecule has 0 saturated carbocycles. The summed E-state index contributed by atoms with van der Waals surface area (Å²) in [5.41, 5.74) is 1.20. The number of anilines is 1. The van der Waals surface area contributed by atoms with Crippen LogP contribution in [0, 0.1) is 5.92 Å². The highest BCUT2D eigenvalue weighted by Crippen LogP contribution is 2.10. The molecule has 0 radical (unpaired) electrons. The summed E-state index contributed by atoms with van der Waals surface area (Å²) in [6.45, 7) is 7.85. The molecule has 1 aromatic heterocycles. The standard InChI is InChI=1S/C14H28N4O/c1-12(2)11-19-8-6-7-15-9-13-10-16-14(17(3)4)18(13)5/h10,12,15H,6-9,11H2,1-5H3. The molecule has 0 atom stereocenters. The van der Waals surface area contributed by atoms with Crippen LogP contribution in [-0.2, 0) is 18.3 Å². The molecule has 0 fully saturated rings. The summed E-state index contributed by atoms with van der Waals surface area (Å²) >= 11 is 0. The molecule has 19 heavy (non-hydrogen) atoms. The molecular formula is C14H28N4O. The largest absolute Gasteiger partial charge is 0.381 e. The van der Waals surface area contributed by atoms with Crippen molar-refractivity contribution in [2.24, 2.45) is 13.0 Å². The minimum atomic E-state index is 0.617. The highest BCUT2D eigenvalue weighted by molar-refractivity contribution is 5.30. The van der Waals surface area contributed by atoms with E-state index in [4.69, 9.17) is 4.74 Å². The lowest BCUT2D eigenvalue weighted by atomic mass is 10.2. The van der Waals surface area contributed by atoms with E-state index in [0.717, 1.165) is 38.7 Å². The lowest BCUT2D eigenvalue weighted by molar-refractivity contribution is 0.108. The minimum absolute atomic E-state index is 0.617. The van der Waals surface area contributed by atoms with Crippen LogP contribution in [0.5, 0.6) is 0 Å². The van der Waals surface area contributed by atoms with E-state index in [2.05, 4.69) is 28.7 Å². The van der Waals surface area contributed by atoms with Crippen molar-refractivity contribution in [3.05, 3.63) is 11.9 Å². The molecule has 0 bridgehead atoms. The van der Waals surface area contributed by atoms with E-state index < -0.39 is 0 Å². The van der Waals surface area contributed by atoms with Crippen LogP contribution in [0.4, 0.5) is 5.95 Å². The van der Waals surface area contributed by atoms with Gasteiger partial charge in [0.05, 0.1) is 11.9 Å². The van der Waals surface area contributed by atoms with Gasteiger partial charge in [-0.05, 0) is 18.9 Å². The Morgan fingerprint density at radius 1 is 1.42 bits per heavy atom. The van der Waals surface area contributed by atoms with Gasteiger partial charge in [-0.15, -0.1) is 0 Å². The van der Waals surface area contributed by atoms with Gasteiger partial charge in [0.1, 0.15) is 0 Å². The molecule has 1 N–H and O–H groups in total. The average molecular weight is 268 g/mol. The van der Waals surface area contributed by atoms with Gasteiger partial charge >= 0.3 is 0 Å². The Morgan fingerprint density at radius 3 is 2.74 bits per heavy atom. The fourth-order valence-electron chi connectivity index (χ4n) is 1.85. The van der Waals surface area contributed by atoms with Gasteiger partial charge in [-0.1, -0.05) is 13.8 Å². The highest BCUT2D eigenvalue weighted by Gasteiger charge is 2.06. The third-order valence-electron chi connectivity index (χ3n) is 2.86. The number of rotatable bonds is 9. The number of imidazole rings is 1. The molecule has 0 aliphatic rings. The van der Waals surface area contributed by atoms with Gasteiger partial charge in [-0.2, -0.15) is 0 Å². The molecule has 5 heteroatoms. The monoisotopic (exact) mass is 268 g/mol. The van der Waals surface area contributed by atoms with Crippen molar-refractivity contribution in [3.8, 4) is 0 Å². The molecule has 5 nitrogen and oxygen atoms in total. The zero-order chi connectivity index (χ0) is 14.3. The van der Waals surface area contributed by atoms with Gasteiger partial charge < -0.3 is 19.5 Å². The van der Waals surface area contributed by atoms with Crippen LogP contribution in [0.15, 0.2) is 6.20 Å². The number of ether oxygens (including phenoxy) is 1. The van der Waals surface area contributed by atoms with Crippen molar-refractivity contribution in [2.45, 2.75) is 26.8 Å². The molecule has 0 saturated heterocycles. The lowest BCUT2D eigenvalue weighted by Crippen LogP contribution is -2.20. The highest BCUT2D eigenvalue weighted by atomic mass is 16.5. The van der Waals surface area contributed by atoms with Crippen LogP contribution in [0.25, 0.3) is 0 Å². The zero-order valence-electron chi connectivity index (χ0n) is 12.9. The predicted molar refractivity (Wildman–Crippen MR) is 79.5 cm³/mol. The van der Waals surface area contributed by atoms with Crippen molar-refractivity contribution in [1.29, 1.82) is 0 Å². The normalized spacial score (nSPS) is 11.3. The van der Waals surface area contributed by atoms with E-state index >= 15 is 0 Å². The Morgan fingerprint density at radius 2 is 2.16 bits per heavy atom. The number of aromatic nitrogens is 2. The van der Waals surface area contributed by atoms with Gasteiger partial charge in [0.2, 0.25) is 5.95 Å². The van der Waals surface area contributed by atoms with Crippen LogP contribution >= 0.6 is 0 Å². The Kier molecular flexibility index (Phi) is 6.87. The summed E-state index contributed by atoms with van der Waals surface area (Å²) in [4.78, 5) is 6.40. The molecule has 0 amide bonds. The Hall–Kier alpha value is -1.07. The second kappa shape index (κ2) is 8.17. The predicted octanol–water partition coefficient (Wildman–Crippen LogP) is 1.64. The second-order valence-electron chi connectivity index (χ2n) is 5.50. The Balaban J connectivity index is 2.16. The number of hydrogen-bond acceptors (Lipinski definition) is 4. The molecule has 0 aromatic carbocycles. The van der Waals surface area contributed by atoms with Crippen LogP contribution in [0.2, 0.25) is 0 Å². The van der Waals surface area contributed by atoms with Crippen LogP contribution in [0.1, 0.15) is 26.0 Å². The number of nitrogens with zero attached hydrogens (tertiary/aromatic N) is 3. The van der Waals surface area contributed by atoms with Crippen molar-refractivity contribution in [1.82, 2.24) is 14.9 Å². The summed E-state index contributed by atoms with van der Waals surface area (Å²) in [5, 5.41) is 3.42. The first-order valence-corrected chi connectivity index (χ1v) is 6.98. The van der Waals surface area contributed by atoms with Gasteiger partial charge in [0.25, 0.3) is 0 Å². The summed E-state index contributed by atoms with van der Waals surface area (Å²) in [6.07, 6.45) is 2.97. The SMILES string of the molecule is CC(C)COCCCNCc1cnc(N(C)C)n1C. The van der Waals surface area contributed by atoms with Crippen molar-refractivity contribution in [3.63, 3.8) is 0 Å². The van der Waals surface area contributed by atoms with Crippen LogP contribution in [-0.4, -0.2) is 43.4 Å². The van der Waals surface area contributed by atoms with Crippen molar-refractivity contribution >= 4 is 5.95 Å². The summed E-state index contributed by atoms with van der Waals surface area (Å²) in [6, 6.07) is 0. The number of nitrogens with one attached hydrogen (secondary N) is 1. The second-order valence-corrected chi connectivity index (χ2v) is 5.50. The summed E-state index contributed by atoms with van der Waals surface area (Å²) in [5.74, 6) is 1.60. The van der Waals surface area contributed by atoms with Gasteiger partial charge in [-0.3, -0.25) is 0 Å². The zero-order valence-corrected chi connectivity index (χ0v) is 12.9. The van der Waals surface area contributed by atoms with E-state index in [-0.39, 0.29) is 0 Å². The Labute approximate surface area is 117 Å². The molecule has 0 aliphatic heterocycles. The summed E-state index contributed by atoms with van der Waals surface area (Å²) < 4.78 is 7.66. The molecule has 110 valence electrons. The molecule has 1 heterocycles.